The van der Waals surface area contributed by atoms with Crippen LogP contribution in [0.15, 0.2) is 54.7 Å². The molecule has 0 aliphatic carbocycles. The van der Waals surface area contributed by atoms with Gasteiger partial charge in [-0.3, -0.25) is 0 Å². The van der Waals surface area contributed by atoms with E-state index in [1.807, 2.05) is 42.5 Å². The Morgan fingerprint density at radius 3 is 2.67 bits per heavy atom. The van der Waals surface area contributed by atoms with Crippen LogP contribution in [-0.2, 0) is 0 Å². The molecule has 1 atom stereocenters. The molecule has 0 spiro atoms. The molecule has 18 heavy (non-hydrogen) atoms. The Hall–Kier alpha value is -1.40. The van der Waals surface area contributed by atoms with Crippen LogP contribution in [0.5, 0.6) is 0 Å². The van der Waals surface area contributed by atoms with Gasteiger partial charge in [0.25, 0.3) is 0 Å². The molecule has 0 aliphatic heterocycles. The number of hydrogen-bond acceptors (Lipinski definition) is 2. The van der Waals surface area contributed by atoms with Crippen molar-refractivity contribution in [1.29, 1.82) is 0 Å². The molecule has 3 aromatic rings. The summed E-state index contributed by atoms with van der Waals surface area (Å²) >= 11 is 2.27. The number of rotatable bonds is 2. The summed E-state index contributed by atoms with van der Waals surface area (Å²) in [7, 11) is 0. The van der Waals surface area contributed by atoms with Crippen LogP contribution in [0.3, 0.4) is 0 Å². The lowest BCUT2D eigenvalue weighted by Crippen LogP contribution is -2.10. The lowest BCUT2D eigenvalue weighted by molar-refractivity contribution is 0.137. The molecule has 0 amide bonds. The maximum absolute atomic E-state index is 10.3. The predicted octanol–water partition coefficient (Wildman–Crippen LogP) is 3.18. The molecule has 0 aliphatic rings. The molecule has 3 nitrogen and oxygen atoms in total. The van der Waals surface area contributed by atoms with E-state index in [0.29, 0.717) is 0 Å². The fourth-order valence-corrected chi connectivity index (χ4v) is 2.50. The molecule has 1 unspecified atom stereocenters. The van der Waals surface area contributed by atoms with Crippen molar-refractivity contribution in [1.82, 2.24) is 9.78 Å². The van der Waals surface area contributed by atoms with Gasteiger partial charge in [-0.15, -0.1) is 0 Å². The highest BCUT2D eigenvalue weighted by Gasteiger charge is 2.13. The normalized spacial score (nSPS) is 12.8. The van der Waals surface area contributed by atoms with Gasteiger partial charge in [-0.2, -0.15) is 5.10 Å². The van der Waals surface area contributed by atoms with Crippen molar-refractivity contribution >= 4 is 33.5 Å². The van der Waals surface area contributed by atoms with Gasteiger partial charge in [0.1, 0.15) is 0 Å². The van der Waals surface area contributed by atoms with E-state index in [2.05, 4.69) is 33.8 Å². The second kappa shape index (κ2) is 4.70. The summed E-state index contributed by atoms with van der Waals surface area (Å²) in [6.45, 7) is 0. The number of fused-ring (bicyclic) bond motifs is 1. The Kier molecular flexibility index (Phi) is 3.05. The van der Waals surface area contributed by atoms with Crippen molar-refractivity contribution in [3.8, 4) is 0 Å². The summed E-state index contributed by atoms with van der Waals surface area (Å²) in [5.74, 6) is 0. The molecule has 0 radical (unpaired) electrons. The fraction of sp³-hybridized carbons (Fsp3) is 0.0714. The first-order valence-corrected chi connectivity index (χ1v) is 6.69. The molecule has 2 aromatic carbocycles. The minimum absolute atomic E-state index is 0.747. The van der Waals surface area contributed by atoms with Gasteiger partial charge in [-0.05, 0) is 40.8 Å². The van der Waals surface area contributed by atoms with E-state index in [-0.39, 0.29) is 0 Å². The van der Waals surface area contributed by atoms with Crippen molar-refractivity contribution in [3.63, 3.8) is 0 Å². The zero-order valence-electron chi connectivity index (χ0n) is 9.49. The number of nitrogens with zero attached hydrogens (tertiary/aromatic N) is 2. The Balaban J connectivity index is 2.10. The molecule has 1 aromatic heterocycles. The molecule has 1 N–H and O–H groups in total. The molecule has 0 bridgehead atoms. The monoisotopic (exact) mass is 350 g/mol. The number of aliphatic hydroxyl groups is 1. The lowest BCUT2D eigenvalue weighted by atomic mass is 10.2. The summed E-state index contributed by atoms with van der Waals surface area (Å²) in [5, 5.41) is 15.7. The van der Waals surface area contributed by atoms with E-state index in [0.717, 1.165) is 20.0 Å². The third-order valence-corrected chi connectivity index (χ3v) is 3.56. The van der Waals surface area contributed by atoms with Crippen LogP contribution in [0, 0.1) is 3.57 Å². The zero-order valence-corrected chi connectivity index (χ0v) is 11.7. The number of benzene rings is 2. The van der Waals surface area contributed by atoms with E-state index in [1.54, 1.807) is 10.9 Å². The second-order valence-corrected chi connectivity index (χ2v) is 5.32. The van der Waals surface area contributed by atoms with Gasteiger partial charge in [0, 0.05) is 14.5 Å². The molecular weight excluding hydrogens is 339 g/mol. The minimum Gasteiger partial charge on any atom is -0.368 e. The topological polar surface area (TPSA) is 38.0 Å². The van der Waals surface area contributed by atoms with E-state index in [9.17, 15) is 5.11 Å². The maximum Gasteiger partial charge on any atom is 0.173 e. The molecule has 90 valence electrons. The Labute approximate surface area is 118 Å². The van der Waals surface area contributed by atoms with Gasteiger partial charge in [0.15, 0.2) is 6.23 Å². The summed E-state index contributed by atoms with van der Waals surface area (Å²) in [6, 6.07) is 15.6. The van der Waals surface area contributed by atoms with Crippen molar-refractivity contribution < 1.29 is 5.11 Å². The highest BCUT2D eigenvalue weighted by atomic mass is 127. The highest BCUT2D eigenvalue weighted by Crippen LogP contribution is 2.22. The van der Waals surface area contributed by atoms with Crippen molar-refractivity contribution in [2.75, 3.05) is 0 Å². The Morgan fingerprint density at radius 1 is 1.11 bits per heavy atom. The molecule has 3 rings (SSSR count). The standard InChI is InChI=1S/C14H11IN2O/c15-12-6-7-13-11(8-12)9-16-17(13)14(18)10-4-2-1-3-5-10/h1-9,14,18H. The van der Waals surface area contributed by atoms with Crippen LogP contribution in [-0.4, -0.2) is 14.9 Å². The lowest BCUT2D eigenvalue weighted by Gasteiger charge is -2.12. The van der Waals surface area contributed by atoms with Crippen LogP contribution >= 0.6 is 22.6 Å². The van der Waals surface area contributed by atoms with Gasteiger partial charge in [0.05, 0.1) is 11.7 Å². The van der Waals surface area contributed by atoms with Crippen LogP contribution in [0.1, 0.15) is 11.8 Å². The van der Waals surface area contributed by atoms with Gasteiger partial charge in [0.2, 0.25) is 0 Å². The third kappa shape index (κ3) is 2.02. The van der Waals surface area contributed by atoms with Gasteiger partial charge < -0.3 is 5.11 Å². The summed E-state index contributed by atoms with van der Waals surface area (Å²) in [5.41, 5.74) is 1.77. The quantitative estimate of drug-likeness (QED) is 0.721. The zero-order chi connectivity index (χ0) is 12.5. The average molecular weight is 350 g/mol. The highest BCUT2D eigenvalue weighted by molar-refractivity contribution is 14.1. The summed E-state index contributed by atoms with van der Waals surface area (Å²) in [6.07, 6.45) is 1.03. The van der Waals surface area contributed by atoms with Crippen LogP contribution in [0.25, 0.3) is 10.9 Å². The molecule has 4 heteroatoms. The van der Waals surface area contributed by atoms with Gasteiger partial charge >= 0.3 is 0 Å². The van der Waals surface area contributed by atoms with Crippen LogP contribution < -0.4 is 0 Å². The van der Waals surface area contributed by atoms with Crippen molar-refractivity contribution in [3.05, 3.63) is 63.9 Å². The first-order chi connectivity index (χ1) is 8.75. The van der Waals surface area contributed by atoms with Crippen LogP contribution in [0.4, 0.5) is 0 Å². The van der Waals surface area contributed by atoms with Crippen molar-refractivity contribution in [2.45, 2.75) is 6.23 Å². The number of halogens is 1. The Bertz CT molecular complexity index is 679. The number of aromatic nitrogens is 2. The predicted molar refractivity (Wildman–Crippen MR) is 79.2 cm³/mol. The smallest absolute Gasteiger partial charge is 0.173 e. The third-order valence-electron chi connectivity index (χ3n) is 2.89. The molecular formula is C14H11IN2O. The Morgan fingerprint density at radius 2 is 1.89 bits per heavy atom. The van der Waals surface area contributed by atoms with E-state index in [1.165, 1.54) is 0 Å². The van der Waals surface area contributed by atoms with Gasteiger partial charge in [-0.25, -0.2) is 4.68 Å². The maximum atomic E-state index is 10.3. The fourth-order valence-electron chi connectivity index (χ4n) is 1.99. The number of aliphatic hydroxyl groups excluding tert-OH is 1. The van der Waals surface area contributed by atoms with Crippen molar-refractivity contribution in [2.24, 2.45) is 0 Å². The second-order valence-electron chi connectivity index (χ2n) is 4.08. The largest absolute Gasteiger partial charge is 0.368 e. The summed E-state index contributed by atoms with van der Waals surface area (Å²) in [4.78, 5) is 0. The molecule has 1 heterocycles. The molecule has 0 fully saturated rings. The minimum atomic E-state index is -0.747. The molecule has 0 saturated carbocycles. The summed E-state index contributed by atoms with van der Waals surface area (Å²) < 4.78 is 2.80. The van der Waals surface area contributed by atoms with Gasteiger partial charge in [-0.1, -0.05) is 30.3 Å². The SMILES string of the molecule is OC(c1ccccc1)n1ncc2cc(I)ccc21. The van der Waals surface area contributed by atoms with E-state index < -0.39 is 6.23 Å². The van der Waals surface area contributed by atoms with E-state index in [4.69, 9.17) is 0 Å². The van der Waals surface area contributed by atoms with Crippen LogP contribution in [0.2, 0.25) is 0 Å². The first-order valence-electron chi connectivity index (χ1n) is 5.61. The molecule has 0 saturated heterocycles. The number of hydrogen-bond donors (Lipinski definition) is 1. The first kappa shape index (κ1) is 11.7. The average Bonchev–Trinajstić information content (AvgIpc) is 2.81. The van der Waals surface area contributed by atoms with E-state index >= 15 is 0 Å².